The molecule has 0 aromatic rings. The zero-order chi connectivity index (χ0) is 13.1. The van der Waals surface area contributed by atoms with E-state index in [1.54, 1.807) is 6.92 Å². The predicted octanol–water partition coefficient (Wildman–Crippen LogP) is 3.51. The van der Waals surface area contributed by atoms with Gasteiger partial charge in [0, 0.05) is 12.3 Å². The number of carbonyl (C=O) groups excluding carboxylic acids is 2. The van der Waals surface area contributed by atoms with Crippen molar-refractivity contribution in [1.29, 1.82) is 0 Å². The maximum Gasteiger partial charge on any atom is 0.305 e. The Hall–Kier alpha value is -0.860. The zero-order valence-corrected chi connectivity index (χ0v) is 11.5. The molecule has 0 bridgehead atoms. The van der Waals surface area contributed by atoms with E-state index in [0.29, 0.717) is 12.2 Å². The summed E-state index contributed by atoms with van der Waals surface area (Å²) < 4.78 is 4.57. The molecule has 0 aliphatic carbocycles. The Balaban J connectivity index is 3.34. The monoisotopic (exact) mass is 242 g/mol. The van der Waals surface area contributed by atoms with Gasteiger partial charge in [0.2, 0.25) is 0 Å². The first-order valence-electron chi connectivity index (χ1n) is 6.69. The lowest BCUT2D eigenvalue weighted by molar-refractivity contribution is -0.140. The molecule has 0 heterocycles. The van der Waals surface area contributed by atoms with Crippen molar-refractivity contribution >= 4 is 11.8 Å². The van der Waals surface area contributed by atoms with Gasteiger partial charge in [-0.15, -0.1) is 0 Å². The fourth-order valence-electron chi connectivity index (χ4n) is 1.99. The second-order valence-corrected chi connectivity index (χ2v) is 4.60. The topological polar surface area (TPSA) is 43.4 Å². The summed E-state index contributed by atoms with van der Waals surface area (Å²) in [6, 6.07) is 0. The van der Waals surface area contributed by atoms with Crippen LogP contribution < -0.4 is 0 Å². The van der Waals surface area contributed by atoms with Crippen LogP contribution in [-0.2, 0) is 14.3 Å². The van der Waals surface area contributed by atoms with Crippen LogP contribution in [-0.4, -0.2) is 18.9 Å². The Morgan fingerprint density at radius 1 is 1.06 bits per heavy atom. The van der Waals surface area contributed by atoms with Gasteiger partial charge in [-0.1, -0.05) is 32.6 Å². The van der Waals surface area contributed by atoms with Crippen molar-refractivity contribution in [1.82, 2.24) is 0 Å². The second-order valence-electron chi connectivity index (χ2n) is 4.60. The fourth-order valence-corrected chi connectivity index (χ4v) is 1.99. The highest BCUT2D eigenvalue weighted by Gasteiger charge is 2.10. The summed E-state index contributed by atoms with van der Waals surface area (Å²) in [4.78, 5) is 22.0. The number of hydrogen-bond donors (Lipinski definition) is 0. The van der Waals surface area contributed by atoms with Crippen LogP contribution in [0.1, 0.15) is 65.2 Å². The van der Waals surface area contributed by atoms with Crippen molar-refractivity contribution in [2.45, 2.75) is 65.2 Å². The largest absolute Gasteiger partial charge is 0.469 e. The van der Waals surface area contributed by atoms with Crippen LogP contribution in [0, 0.1) is 5.92 Å². The van der Waals surface area contributed by atoms with Crippen molar-refractivity contribution in [2.75, 3.05) is 7.11 Å². The number of ketones is 1. The second kappa shape index (κ2) is 10.3. The molecule has 0 radical (unpaired) electrons. The summed E-state index contributed by atoms with van der Waals surface area (Å²) in [5.74, 6) is 0.455. The number of ether oxygens (including phenoxy) is 1. The first-order chi connectivity index (χ1) is 8.11. The average Bonchev–Trinajstić information content (AvgIpc) is 2.31. The average molecular weight is 242 g/mol. The number of esters is 1. The minimum Gasteiger partial charge on any atom is -0.469 e. The SMILES string of the molecule is CCC(CCCCCCCC(=O)OC)C(C)=O. The number of methoxy groups -OCH3 is 1. The highest BCUT2D eigenvalue weighted by Crippen LogP contribution is 2.15. The van der Waals surface area contributed by atoms with Crippen LogP contribution >= 0.6 is 0 Å². The maximum absolute atomic E-state index is 11.2. The van der Waals surface area contributed by atoms with Crippen LogP contribution in [0.4, 0.5) is 0 Å². The Bertz CT molecular complexity index is 224. The van der Waals surface area contributed by atoms with Crippen LogP contribution in [0.5, 0.6) is 0 Å². The lowest BCUT2D eigenvalue weighted by Crippen LogP contribution is -2.09. The summed E-state index contributed by atoms with van der Waals surface area (Å²) in [5.41, 5.74) is 0. The van der Waals surface area contributed by atoms with Crippen LogP contribution in [0.15, 0.2) is 0 Å². The van der Waals surface area contributed by atoms with E-state index >= 15 is 0 Å². The normalized spacial score (nSPS) is 12.2. The molecule has 0 aliphatic rings. The first kappa shape index (κ1) is 16.1. The molecule has 0 spiro atoms. The molecule has 100 valence electrons. The first-order valence-corrected chi connectivity index (χ1v) is 6.69. The van der Waals surface area contributed by atoms with E-state index in [9.17, 15) is 9.59 Å². The third kappa shape index (κ3) is 8.90. The van der Waals surface area contributed by atoms with E-state index in [1.165, 1.54) is 7.11 Å². The molecule has 0 saturated heterocycles. The lowest BCUT2D eigenvalue weighted by Gasteiger charge is -2.10. The Morgan fingerprint density at radius 3 is 2.18 bits per heavy atom. The molecule has 1 atom stereocenters. The number of carbonyl (C=O) groups is 2. The van der Waals surface area contributed by atoms with Crippen LogP contribution in [0.3, 0.4) is 0 Å². The summed E-state index contributed by atoms with van der Waals surface area (Å²) >= 11 is 0. The summed E-state index contributed by atoms with van der Waals surface area (Å²) in [6.07, 6.45) is 7.91. The Morgan fingerprint density at radius 2 is 1.65 bits per heavy atom. The number of Topliss-reactive ketones (excluding diaryl/α,β-unsaturated/α-hetero) is 1. The molecule has 0 aromatic heterocycles. The fraction of sp³-hybridized carbons (Fsp3) is 0.857. The molecule has 0 saturated carbocycles. The molecule has 0 N–H and O–H groups in total. The van der Waals surface area contributed by atoms with Crippen molar-refractivity contribution in [3.63, 3.8) is 0 Å². The minimum absolute atomic E-state index is 0.118. The molecule has 3 nitrogen and oxygen atoms in total. The van der Waals surface area contributed by atoms with Gasteiger partial charge in [0.15, 0.2) is 0 Å². The van der Waals surface area contributed by atoms with E-state index in [-0.39, 0.29) is 11.9 Å². The highest BCUT2D eigenvalue weighted by molar-refractivity contribution is 5.78. The summed E-state index contributed by atoms with van der Waals surface area (Å²) in [7, 11) is 1.43. The van der Waals surface area contributed by atoms with E-state index in [2.05, 4.69) is 11.7 Å². The van der Waals surface area contributed by atoms with Gasteiger partial charge in [0.25, 0.3) is 0 Å². The van der Waals surface area contributed by atoms with Crippen LogP contribution in [0.25, 0.3) is 0 Å². The summed E-state index contributed by atoms with van der Waals surface area (Å²) in [5, 5.41) is 0. The van der Waals surface area contributed by atoms with Gasteiger partial charge in [-0.3, -0.25) is 9.59 Å². The number of hydrogen-bond acceptors (Lipinski definition) is 3. The molecule has 1 unspecified atom stereocenters. The van der Waals surface area contributed by atoms with Crippen molar-refractivity contribution in [2.24, 2.45) is 5.92 Å². The van der Waals surface area contributed by atoms with Crippen molar-refractivity contribution < 1.29 is 14.3 Å². The van der Waals surface area contributed by atoms with Crippen molar-refractivity contribution in [3.8, 4) is 0 Å². The molecular weight excluding hydrogens is 216 g/mol. The third-order valence-corrected chi connectivity index (χ3v) is 3.23. The number of rotatable bonds is 10. The molecular formula is C14H26O3. The van der Waals surface area contributed by atoms with Gasteiger partial charge in [-0.2, -0.15) is 0 Å². The van der Waals surface area contributed by atoms with Gasteiger partial charge in [0.05, 0.1) is 7.11 Å². The molecule has 0 fully saturated rings. The smallest absolute Gasteiger partial charge is 0.305 e. The lowest BCUT2D eigenvalue weighted by atomic mass is 9.95. The van der Waals surface area contributed by atoms with Crippen molar-refractivity contribution in [3.05, 3.63) is 0 Å². The molecule has 0 amide bonds. The minimum atomic E-state index is -0.118. The van der Waals surface area contributed by atoms with E-state index in [0.717, 1.165) is 44.9 Å². The zero-order valence-electron chi connectivity index (χ0n) is 11.5. The van der Waals surface area contributed by atoms with Gasteiger partial charge < -0.3 is 4.74 Å². The quantitative estimate of drug-likeness (QED) is 0.435. The molecule has 0 aromatic carbocycles. The predicted molar refractivity (Wildman–Crippen MR) is 68.8 cm³/mol. The van der Waals surface area contributed by atoms with Crippen LogP contribution in [0.2, 0.25) is 0 Å². The molecule has 17 heavy (non-hydrogen) atoms. The standard InChI is InChI=1S/C14H26O3/c1-4-13(12(2)15)10-8-6-5-7-9-11-14(16)17-3/h13H,4-11H2,1-3H3. The van der Waals surface area contributed by atoms with Gasteiger partial charge >= 0.3 is 5.97 Å². The Kier molecular flexibility index (Phi) is 9.78. The molecule has 3 heteroatoms. The van der Waals surface area contributed by atoms with E-state index in [1.807, 2.05) is 0 Å². The number of unbranched alkanes of at least 4 members (excludes halogenated alkanes) is 4. The van der Waals surface area contributed by atoms with E-state index < -0.39 is 0 Å². The van der Waals surface area contributed by atoms with Gasteiger partial charge in [-0.05, 0) is 26.2 Å². The highest BCUT2D eigenvalue weighted by atomic mass is 16.5. The molecule has 0 rings (SSSR count). The summed E-state index contributed by atoms with van der Waals surface area (Å²) in [6.45, 7) is 3.76. The van der Waals surface area contributed by atoms with E-state index in [4.69, 9.17) is 0 Å². The maximum atomic E-state index is 11.2. The van der Waals surface area contributed by atoms with Gasteiger partial charge in [0.1, 0.15) is 5.78 Å². The Labute approximate surface area is 105 Å². The van der Waals surface area contributed by atoms with Gasteiger partial charge in [-0.25, -0.2) is 0 Å². The molecule has 0 aliphatic heterocycles. The third-order valence-electron chi connectivity index (χ3n) is 3.23.